The van der Waals surface area contributed by atoms with Crippen molar-refractivity contribution in [1.29, 1.82) is 5.26 Å². The van der Waals surface area contributed by atoms with Gasteiger partial charge in [0.2, 0.25) is 5.66 Å². The van der Waals surface area contributed by atoms with Crippen LogP contribution >= 0.6 is 0 Å². The summed E-state index contributed by atoms with van der Waals surface area (Å²) in [5.41, 5.74) is -1.44. The zero-order chi connectivity index (χ0) is 12.2. The lowest BCUT2D eigenvalue weighted by atomic mass is 9.97. The molecule has 1 aliphatic heterocycles. The minimum Gasteiger partial charge on any atom is -0.384 e. The van der Waals surface area contributed by atoms with E-state index in [-0.39, 0.29) is 0 Å². The fourth-order valence-corrected chi connectivity index (χ4v) is 1.52. The van der Waals surface area contributed by atoms with E-state index in [0.717, 1.165) is 12.8 Å². The van der Waals surface area contributed by atoms with E-state index in [1.807, 2.05) is 6.92 Å². The zero-order valence-electron chi connectivity index (χ0n) is 10.2. The largest absolute Gasteiger partial charge is 0.384 e. The predicted molar refractivity (Wildman–Crippen MR) is 64.7 cm³/mol. The van der Waals surface area contributed by atoms with Crippen molar-refractivity contribution in [2.45, 2.75) is 57.7 Å². The summed E-state index contributed by atoms with van der Waals surface area (Å²) < 4.78 is 0. The molecule has 16 heavy (non-hydrogen) atoms. The lowest BCUT2D eigenvalue weighted by Gasteiger charge is -2.20. The number of hydrogen-bond acceptors (Lipinski definition) is 4. The Kier molecular flexibility index (Phi) is 3.82. The molecule has 4 heteroatoms. The van der Waals surface area contributed by atoms with E-state index in [9.17, 15) is 5.11 Å². The predicted octanol–water partition coefficient (Wildman–Crippen LogP) is 2.08. The zero-order valence-corrected chi connectivity index (χ0v) is 10.2. The molecule has 2 unspecified atom stereocenters. The van der Waals surface area contributed by atoms with Crippen molar-refractivity contribution < 1.29 is 5.11 Å². The van der Waals surface area contributed by atoms with Gasteiger partial charge in [0.15, 0.2) is 0 Å². The van der Waals surface area contributed by atoms with Gasteiger partial charge in [-0.1, -0.05) is 20.3 Å². The maximum Gasteiger partial charge on any atom is 0.237 e. The molecule has 4 nitrogen and oxygen atoms in total. The third-order valence-corrected chi connectivity index (χ3v) is 3.00. The van der Waals surface area contributed by atoms with Crippen LogP contribution in [0.25, 0.3) is 0 Å². The maximum absolute atomic E-state index is 10.0. The van der Waals surface area contributed by atoms with Crippen molar-refractivity contribution in [3.05, 3.63) is 0 Å². The molecule has 1 aliphatic rings. The highest BCUT2D eigenvalue weighted by molar-refractivity contribution is 6.35. The summed E-state index contributed by atoms with van der Waals surface area (Å²) in [6, 6.07) is 2.14. The van der Waals surface area contributed by atoms with E-state index < -0.39 is 11.3 Å². The average molecular weight is 221 g/mol. The van der Waals surface area contributed by atoms with Crippen LogP contribution in [-0.4, -0.2) is 28.3 Å². The van der Waals surface area contributed by atoms with E-state index in [1.54, 1.807) is 13.1 Å². The van der Waals surface area contributed by atoms with Crippen LogP contribution < -0.4 is 0 Å². The molecule has 0 aromatic carbocycles. The van der Waals surface area contributed by atoms with E-state index in [1.165, 1.54) is 0 Å². The average Bonchev–Trinajstić information content (AvgIpc) is 2.72. The molecule has 0 aromatic rings. The lowest BCUT2D eigenvalue weighted by molar-refractivity contribution is 0.130. The fraction of sp³-hybridized carbons (Fsp3) is 0.750. The molecule has 0 aromatic heterocycles. The minimum atomic E-state index is -0.982. The number of aliphatic hydroxyl groups is 1. The molecular weight excluding hydrogens is 202 g/mol. The summed E-state index contributed by atoms with van der Waals surface area (Å²) in [5.74, 6) is 0. The van der Waals surface area contributed by atoms with Gasteiger partial charge in [-0.2, -0.15) is 5.26 Å². The van der Waals surface area contributed by atoms with E-state index in [4.69, 9.17) is 5.26 Å². The van der Waals surface area contributed by atoms with Gasteiger partial charge in [-0.25, -0.2) is 9.98 Å². The highest BCUT2D eigenvalue weighted by Crippen LogP contribution is 2.27. The molecule has 1 N–H and O–H groups in total. The quantitative estimate of drug-likeness (QED) is 0.772. The van der Waals surface area contributed by atoms with Crippen molar-refractivity contribution >= 4 is 11.9 Å². The third-order valence-electron chi connectivity index (χ3n) is 3.00. The van der Waals surface area contributed by atoms with Crippen LogP contribution in [0, 0.1) is 11.3 Å². The lowest BCUT2D eigenvalue weighted by Crippen LogP contribution is -2.35. The van der Waals surface area contributed by atoms with Crippen molar-refractivity contribution in [2.24, 2.45) is 9.98 Å². The van der Waals surface area contributed by atoms with Crippen LogP contribution in [0.4, 0.5) is 0 Å². The number of nitrogens with zero attached hydrogens (tertiary/aromatic N) is 3. The van der Waals surface area contributed by atoms with Gasteiger partial charge in [-0.15, -0.1) is 0 Å². The molecule has 0 saturated heterocycles. The molecule has 0 saturated carbocycles. The molecule has 0 spiro atoms. The van der Waals surface area contributed by atoms with E-state index in [0.29, 0.717) is 18.6 Å². The number of nitriles is 1. The molecule has 0 radical (unpaired) electrons. The molecule has 1 rings (SSSR count). The number of aliphatic imine (C=N–C) groups is 2. The van der Waals surface area contributed by atoms with Crippen molar-refractivity contribution in [2.75, 3.05) is 0 Å². The first-order valence-electron chi connectivity index (χ1n) is 5.79. The summed E-state index contributed by atoms with van der Waals surface area (Å²) in [6.07, 6.45) is 4.65. The molecule has 2 atom stereocenters. The highest BCUT2D eigenvalue weighted by Gasteiger charge is 2.36. The normalized spacial score (nSPS) is 27.3. The van der Waals surface area contributed by atoms with Gasteiger partial charge in [0.25, 0.3) is 0 Å². The van der Waals surface area contributed by atoms with Crippen molar-refractivity contribution in [3.63, 3.8) is 0 Å². The van der Waals surface area contributed by atoms with Crippen molar-refractivity contribution in [1.82, 2.24) is 0 Å². The molecule has 0 bridgehead atoms. The van der Waals surface area contributed by atoms with Crippen LogP contribution in [0.1, 0.15) is 46.5 Å². The summed E-state index contributed by atoms with van der Waals surface area (Å²) >= 11 is 0. The fourth-order valence-electron chi connectivity index (χ4n) is 1.52. The van der Waals surface area contributed by atoms with Gasteiger partial charge in [0.1, 0.15) is 11.7 Å². The topological polar surface area (TPSA) is 68.7 Å². The summed E-state index contributed by atoms with van der Waals surface area (Å²) in [5, 5.41) is 19.2. The number of hydrogen-bond donors (Lipinski definition) is 1. The van der Waals surface area contributed by atoms with Gasteiger partial charge in [-0.05, 0) is 19.8 Å². The van der Waals surface area contributed by atoms with Crippen LogP contribution in [0.2, 0.25) is 0 Å². The SMILES string of the molecule is CCCCC1(C#N)N=CC(C(C)(O)CC)=N1. The van der Waals surface area contributed by atoms with Crippen LogP contribution in [-0.2, 0) is 0 Å². The van der Waals surface area contributed by atoms with Crippen LogP contribution in [0.5, 0.6) is 0 Å². The summed E-state index contributed by atoms with van der Waals surface area (Å²) in [4.78, 5) is 8.47. The van der Waals surface area contributed by atoms with Gasteiger partial charge in [0.05, 0.1) is 5.71 Å². The van der Waals surface area contributed by atoms with Crippen LogP contribution in [0.3, 0.4) is 0 Å². The summed E-state index contributed by atoms with van der Waals surface area (Å²) in [7, 11) is 0. The van der Waals surface area contributed by atoms with Gasteiger partial charge in [0, 0.05) is 12.6 Å². The molecular formula is C12H19N3O. The monoisotopic (exact) mass is 221 g/mol. The van der Waals surface area contributed by atoms with Crippen molar-refractivity contribution in [3.8, 4) is 6.07 Å². The van der Waals surface area contributed by atoms with Gasteiger partial charge >= 0.3 is 0 Å². The molecule has 0 aliphatic carbocycles. The van der Waals surface area contributed by atoms with E-state index >= 15 is 0 Å². The molecule has 0 fully saturated rings. The Morgan fingerprint density at radius 1 is 1.56 bits per heavy atom. The standard InChI is InChI=1S/C12H19N3O/c1-4-6-7-12(9-13)14-8-10(15-12)11(3,16)5-2/h8,16H,4-7H2,1-3H3. The van der Waals surface area contributed by atoms with E-state index in [2.05, 4.69) is 23.0 Å². The summed E-state index contributed by atoms with van der Waals surface area (Å²) in [6.45, 7) is 5.65. The van der Waals surface area contributed by atoms with Gasteiger partial charge in [-0.3, -0.25) is 0 Å². The second-order valence-electron chi connectivity index (χ2n) is 4.41. The van der Waals surface area contributed by atoms with Gasteiger partial charge < -0.3 is 5.11 Å². The Hall–Kier alpha value is -1.21. The maximum atomic E-state index is 10.0. The number of unbranched alkanes of at least 4 members (excludes halogenated alkanes) is 1. The number of rotatable bonds is 5. The minimum absolute atomic E-state index is 0.521. The highest BCUT2D eigenvalue weighted by atomic mass is 16.3. The molecule has 0 amide bonds. The smallest absolute Gasteiger partial charge is 0.237 e. The Labute approximate surface area is 96.7 Å². The first-order chi connectivity index (χ1) is 7.49. The Morgan fingerprint density at radius 2 is 2.25 bits per heavy atom. The first kappa shape index (κ1) is 12.9. The second kappa shape index (κ2) is 4.75. The van der Waals surface area contributed by atoms with Crippen LogP contribution in [0.15, 0.2) is 9.98 Å². The first-order valence-corrected chi connectivity index (χ1v) is 5.79. The Morgan fingerprint density at radius 3 is 2.75 bits per heavy atom. The Balaban J connectivity index is 2.89. The molecule has 1 heterocycles. The second-order valence-corrected chi connectivity index (χ2v) is 4.41. The molecule has 88 valence electrons. The third kappa shape index (κ3) is 2.48. The Bertz CT molecular complexity index is 352.